The number of halogens is 1. The average Bonchev–Trinajstić information content (AvgIpc) is 3.31. The average molecular weight is 499 g/mol. The van der Waals surface area contributed by atoms with Gasteiger partial charge in [-0.15, -0.1) is 24.0 Å². The Morgan fingerprint density at radius 2 is 2.21 bits per heavy atom. The van der Waals surface area contributed by atoms with Crippen LogP contribution < -0.4 is 5.32 Å². The number of imidazole rings is 1. The Hall–Kier alpha value is -1.62. The van der Waals surface area contributed by atoms with Crippen LogP contribution in [0, 0.1) is 0 Å². The van der Waals surface area contributed by atoms with Gasteiger partial charge in [-0.05, 0) is 12.8 Å². The van der Waals surface area contributed by atoms with E-state index in [1.165, 1.54) is 24.4 Å². The number of rotatable bonds is 4. The molecule has 1 unspecified atom stereocenters. The molecule has 4 rings (SSSR count). The Labute approximate surface area is 183 Å². The Kier molecular flexibility index (Phi) is 7.33. The lowest BCUT2D eigenvalue weighted by atomic mass is 10.1. The van der Waals surface area contributed by atoms with Crippen molar-refractivity contribution in [3.8, 4) is 0 Å². The zero-order chi connectivity index (χ0) is 18.6. The van der Waals surface area contributed by atoms with E-state index in [9.17, 15) is 0 Å². The van der Waals surface area contributed by atoms with Crippen LogP contribution in [-0.4, -0.2) is 63.5 Å². The molecular formula is C19H30IN7O. The van der Waals surface area contributed by atoms with Gasteiger partial charge >= 0.3 is 0 Å². The van der Waals surface area contributed by atoms with E-state index in [-0.39, 0.29) is 30.1 Å². The van der Waals surface area contributed by atoms with E-state index in [0.717, 1.165) is 50.5 Å². The summed E-state index contributed by atoms with van der Waals surface area (Å²) in [5, 5.41) is 7.75. The summed E-state index contributed by atoms with van der Waals surface area (Å²) in [6, 6.07) is 0. The van der Waals surface area contributed by atoms with Gasteiger partial charge in [-0.2, -0.15) is 5.10 Å². The van der Waals surface area contributed by atoms with E-state index in [4.69, 9.17) is 9.72 Å². The Balaban J connectivity index is 0.00000225. The molecule has 2 aliphatic rings. The molecule has 0 amide bonds. The van der Waals surface area contributed by atoms with Crippen LogP contribution in [0.2, 0.25) is 0 Å². The summed E-state index contributed by atoms with van der Waals surface area (Å²) in [6.07, 6.45) is 10.7. The molecule has 0 aromatic carbocycles. The Morgan fingerprint density at radius 3 is 2.96 bits per heavy atom. The van der Waals surface area contributed by atoms with Crippen LogP contribution in [0.5, 0.6) is 0 Å². The fourth-order valence-corrected chi connectivity index (χ4v) is 3.88. The molecule has 2 aromatic rings. The maximum atomic E-state index is 5.93. The van der Waals surface area contributed by atoms with E-state index in [1.807, 2.05) is 31.2 Å². The fourth-order valence-electron chi connectivity index (χ4n) is 3.88. The van der Waals surface area contributed by atoms with Gasteiger partial charge in [-0.1, -0.05) is 0 Å². The number of hydrogen-bond donors (Lipinski definition) is 1. The van der Waals surface area contributed by atoms with Gasteiger partial charge < -0.3 is 19.5 Å². The van der Waals surface area contributed by atoms with Crippen molar-refractivity contribution in [2.75, 3.05) is 33.3 Å². The molecule has 28 heavy (non-hydrogen) atoms. The molecule has 154 valence electrons. The second-order valence-electron chi connectivity index (χ2n) is 7.28. The summed E-state index contributed by atoms with van der Waals surface area (Å²) >= 11 is 0. The monoisotopic (exact) mass is 499 g/mol. The van der Waals surface area contributed by atoms with Gasteiger partial charge in [-0.25, -0.2) is 4.98 Å². The van der Waals surface area contributed by atoms with Gasteiger partial charge in [0, 0.05) is 64.5 Å². The minimum Gasteiger partial charge on any atom is -0.370 e. The van der Waals surface area contributed by atoms with E-state index in [1.54, 1.807) is 0 Å². The van der Waals surface area contributed by atoms with Crippen molar-refractivity contribution >= 4 is 29.9 Å². The second-order valence-corrected chi connectivity index (χ2v) is 7.28. The predicted octanol–water partition coefficient (Wildman–Crippen LogP) is 1.76. The highest BCUT2D eigenvalue weighted by Gasteiger charge is 2.25. The van der Waals surface area contributed by atoms with Gasteiger partial charge in [-0.3, -0.25) is 9.67 Å². The van der Waals surface area contributed by atoms with E-state index < -0.39 is 0 Å². The number of aromatic nitrogens is 4. The first-order valence-electron chi connectivity index (χ1n) is 9.83. The number of aliphatic imine (C=N–C) groups is 1. The van der Waals surface area contributed by atoms with Crippen LogP contribution in [0.3, 0.4) is 0 Å². The van der Waals surface area contributed by atoms with Gasteiger partial charge in [0.1, 0.15) is 11.9 Å². The van der Waals surface area contributed by atoms with Crippen molar-refractivity contribution in [2.45, 2.75) is 38.3 Å². The van der Waals surface area contributed by atoms with Crippen molar-refractivity contribution < 1.29 is 4.74 Å². The van der Waals surface area contributed by atoms with Crippen molar-refractivity contribution in [2.24, 2.45) is 12.0 Å². The molecule has 0 radical (unpaired) electrons. The largest absolute Gasteiger partial charge is 0.370 e. The quantitative estimate of drug-likeness (QED) is 0.395. The summed E-state index contributed by atoms with van der Waals surface area (Å²) in [5.74, 6) is 2.17. The first kappa shape index (κ1) is 21.1. The first-order valence-corrected chi connectivity index (χ1v) is 9.83. The Morgan fingerprint density at radius 1 is 1.32 bits per heavy atom. The molecule has 1 fully saturated rings. The fraction of sp³-hybridized carbons (Fsp3) is 0.632. The van der Waals surface area contributed by atoms with Crippen molar-refractivity contribution in [3.63, 3.8) is 0 Å². The number of fused-ring (bicyclic) bond motifs is 1. The number of morpholine rings is 1. The molecule has 0 bridgehead atoms. The van der Waals surface area contributed by atoms with Crippen LogP contribution in [0.15, 0.2) is 23.6 Å². The third kappa shape index (κ3) is 4.86. The molecule has 4 heterocycles. The van der Waals surface area contributed by atoms with Crippen LogP contribution in [0.4, 0.5) is 0 Å². The SMILES string of the molecule is CN=C(NCCc1cn2c(n1)CCCC2)N1CCOC(c2cnn(C)c2)C1.I. The number of hydrogen-bond acceptors (Lipinski definition) is 4. The van der Waals surface area contributed by atoms with E-state index >= 15 is 0 Å². The lowest BCUT2D eigenvalue weighted by Crippen LogP contribution is -2.48. The molecule has 1 atom stereocenters. The molecular weight excluding hydrogens is 469 g/mol. The highest BCUT2D eigenvalue weighted by molar-refractivity contribution is 14.0. The van der Waals surface area contributed by atoms with E-state index in [0.29, 0.717) is 6.61 Å². The zero-order valence-electron chi connectivity index (χ0n) is 16.7. The molecule has 0 saturated carbocycles. The molecule has 0 aliphatic carbocycles. The van der Waals surface area contributed by atoms with Gasteiger partial charge in [0.25, 0.3) is 0 Å². The van der Waals surface area contributed by atoms with Crippen molar-refractivity contribution in [1.29, 1.82) is 0 Å². The number of ether oxygens (including phenoxy) is 1. The highest BCUT2D eigenvalue weighted by atomic mass is 127. The summed E-state index contributed by atoms with van der Waals surface area (Å²) in [5.41, 5.74) is 2.28. The van der Waals surface area contributed by atoms with Gasteiger partial charge in [0.05, 0.1) is 25.0 Å². The van der Waals surface area contributed by atoms with Gasteiger partial charge in [0.15, 0.2) is 5.96 Å². The lowest BCUT2D eigenvalue weighted by molar-refractivity contribution is -0.00801. The summed E-state index contributed by atoms with van der Waals surface area (Å²) in [4.78, 5) is 11.5. The molecule has 1 N–H and O–H groups in total. The second kappa shape index (κ2) is 9.73. The smallest absolute Gasteiger partial charge is 0.193 e. The summed E-state index contributed by atoms with van der Waals surface area (Å²) in [6.45, 7) is 4.26. The first-order chi connectivity index (χ1) is 13.2. The number of aryl methyl sites for hydroxylation is 3. The van der Waals surface area contributed by atoms with E-state index in [2.05, 4.69) is 31.1 Å². The Bertz CT molecular complexity index is 777. The number of nitrogens with one attached hydrogen (secondary N) is 1. The topological polar surface area (TPSA) is 72.5 Å². The van der Waals surface area contributed by atoms with Crippen LogP contribution in [0.25, 0.3) is 0 Å². The highest BCUT2D eigenvalue weighted by Crippen LogP contribution is 2.21. The maximum Gasteiger partial charge on any atom is 0.193 e. The lowest BCUT2D eigenvalue weighted by Gasteiger charge is -2.34. The summed E-state index contributed by atoms with van der Waals surface area (Å²) < 4.78 is 10.1. The van der Waals surface area contributed by atoms with Crippen molar-refractivity contribution in [1.82, 2.24) is 29.5 Å². The molecule has 1 saturated heterocycles. The molecule has 0 spiro atoms. The molecule has 2 aliphatic heterocycles. The standard InChI is InChI=1S/C19H29N7O.HI/c1-20-19(21-7-6-16-13-25-8-4-3-5-18(25)23-16)26-9-10-27-17(14-26)15-11-22-24(2)12-15;/h11-13,17H,3-10,14H2,1-2H3,(H,20,21);1H. The van der Waals surface area contributed by atoms with Gasteiger partial charge in [0.2, 0.25) is 0 Å². The molecule has 8 nitrogen and oxygen atoms in total. The normalized spacial score (nSPS) is 19.9. The minimum atomic E-state index is 0. The number of nitrogens with zero attached hydrogens (tertiary/aromatic N) is 6. The minimum absolute atomic E-state index is 0. The third-order valence-electron chi connectivity index (χ3n) is 5.30. The van der Waals surface area contributed by atoms with Crippen LogP contribution >= 0.6 is 24.0 Å². The molecule has 9 heteroatoms. The predicted molar refractivity (Wildman–Crippen MR) is 119 cm³/mol. The number of guanidine groups is 1. The zero-order valence-corrected chi connectivity index (χ0v) is 19.0. The third-order valence-corrected chi connectivity index (χ3v) is 5.30. The van der Waals surface area contributed by atoms with Crippen LogP contribution in [-0.2, 0) is 31.2 Å². The molecule has 2 aromatic heterocycles. The van der Waals surface area contributed by atoms with Crippen LogP contribution in [0.1, 0.15) is 36.0 Å². The van der Waals surface area contributed by atoms with Crippen molar-refractivity contribution in [3.05, 3.63) is 35.7 Å². The maximum absolute atomic E-state index is 5.93. The summed E-state index contributed by atoms with van der Waals surface area (Å²) in [7, 11) is 3.77.